The predicted octanol–water partition coefficient (Wildman–Crippen LogP) is 20.8. The van der Waals surface area contributed by atoms with Crippen LogP contribution in [0.25, 0.3) is 154 Å². The minimum atomic E-state index is 1.16. The van der Waals surface area contributed by atoms with Crippen molar-refractivity contribution in [2.24, 2.45) is 0 Å². The summed E-state index contributed by atoms with van der Waals surface area (Å²) < 4.78 is 4.82. The first kappa shape index (κ1) is 44.1. The van der Waals surface area contributed by atoms with Gasteiger partial charge in [0.05, 0.1) is 22.1 Å². The molecule has 14 aromatic carbocycles. The molecule has 0 spiro atoms. The van der Waals surface area contributed by atoms with E-state index < -0.39 is 0 Å². The minimum Gasteiger partial charge on any atom is -0.309 e. The van der Waals surface area contributed by atoms with Crippen LogP contribution in [0.3, 0.4) is 0 Å². The Morgan fingerprint density at radius 1 is 0.179 bits per heavy atom. The van der Waals surface area contributed by atoms with Crippen molar-refractivity contribution in [1.82, 2.24) is 9.13 Å². The van der Waals surface area contributed by atoms with E-state index in [9.17, 15) is 0 Å². The molecule has 0 unspecified atom stereocenters. The van der Waals surface area contributed by atoms with Crippen molar-refractivity contribution >= 4 is 86.7 Å². The summed E-state index contributed by atoms with van der Waals surface area (Å²) in [5.74, 6) is 0. The Bertz CT molecular complexity index is 4760. The van der Waals surface area contributed by atoms with E-state index in [2.05, 4.69) is 300 Å². The van der Waals surface area contributed by atoms with Gasteiger partial charge in [-0.2, -0.15) is 0 Å². The maximum Gasteiger partial charge on any atom is 0.0547 e. The van der Waals surface area contributed by atoms with Gasteiger partial charge in [0, 0.05) is 32.9 Å². The molecule has 362 valence electrons. The Kier molecular flexibility index (Phi) is 9.98. The van der Waals surface area contributed by atoms with Gasteiger partial charge in [0.15, 0.2) is 0 Å². The van der Waals surface area contributed by atoms with E-state index >= 15 is 0 Å². The molecule has 0 atom stereocenters. The first-order valence-corrected chi connectivity index (χ1v) is 27.0. The molecule has 2 nitrogen and oxygen atoms in total. The van der Waals surface area contributed by atoms with Crippen molar-refractivity contribution in [1.29, 1.82) is 0 Å². The number of fused-ring (bicyclic) bond motifs is 10. The first-order chi connectivity index (χ1) is 38.8. The SMILES string of the molecule is c1ccc(-c2c3cccc(-c4ccc(-c5cccc6c5c5ccccc5n6-c5ccccc5)c5ccccc45)c3cc3c(-c4ccc(-c5cccc6c5c5ccccc5n6-c5ccccc5)c5ccccc45)cccc23)cc1. The van der Waals surface area contributed by atoms with Gasteiger partial charge in [-0.15, -0.1) is 0 Å². The van der Waals surface area contributed by atoms with E-state index in [0.717, 1.165) is 11.4 Å². The fourth-order valence-corrected chi connectivity index (χ4v) is 13.3. The van der Waals surface area contributed by atoms with Gasteiger partial charge < -0.3 is 9.13 Å². The molecule has 0 aliphatic rings. The molecule has 78 heavy (non-hydrogen) atoms. The summed E-state index contributed by atoms with van der Waals surface area (Å²) in [7, 11) is 0. The lowest BCUT2D eigenvalue weighted by Crippen LogP contribution is -1.93. The molecule has 0 saturated heterocycles. The van der Waals surface area contributed by atoms with E-state index in [1.807, 2.05) is 0 Å². The zero-order valence-electron chi connectivity index (χ0n) is 42.6. The maximum absolute atomic E-state index is 2.49. The Morgan fingerprint density at radius 2 is 0.474 bits per heavy atom. The second-order valence-corrected chi connectivity index (χ2v) is 20.6. The lowest BCUT2D eigenvalue weighted by atomic mass is 9.84. The standard InChI is InChI=1S/C76H48N2/c1-4-22-49(23-5-1)74-64-36-18-34-56(58-44-46-60(54-30-12-10-28-52(54)58)62-38-20-42-72-75(62)66-32-14-16-40-70(66)77(72)50-24-6-2-7-25-50)68(64)48-69-57(35-19-37-65(69)74)59-45-47-61(55-31-13-11-29-53(55)59)63-39-21-43-73-76(63)67-33-15-17-41-71(67)78(73)51-26-8-3-9-27-51/h1-48H. The normalized spacial score (nSPS) is 11.8. The van der Waals surface area contributed by atoms with E-state index in [1.165, 1.54) is 142 Å². The molecule has 16 aromatic rings. The summed E-state index contributed by atoms with van der Waals surface area (Å²) in [6.07, 6.45) is 0. The number of hydrogen-bond acceptors (Lipinski definition) is 0. The van der Waals surface area contributed by atoms with Gasteiger partial charge in [0.1, 0.15) is 0 Å². The topological polar surface area (TPSA) is 9.86 Å². The van der Waals surface area contributed by atoms with Crippen molar-refractivity contribution < 1.29 is 0 Å². The number of rotatable bonds is 7. The summed E-state index contributed by atoms with van der Waals surface area (Å²) >= 11 is 0. The largest absolute Gasteiger partial charge is 0.309 e. The zero-order valence-corrected chi connectivity index (χ0v) is 42.6. The monoisotopic (exact) mass is 988 g/mol. The Labute approximate surface area is 451 Å². The molecule has 0 aliphatic carbocycles. The molecule has 0 radical (unpaired) electrons. The van der Waals surface area contributed by atoms with Crippen LogP contribution in [0.15, 0.2) is 291 Å². The van der Waals surface area contributed by atoms with Crippen LogP contribution in [0.1, 0.15) is 0 Å². The van der Waals surface area contributed by atoms with E-state index in [0.29, 0.717) is 0 Å². The van der Waals surface area contributed by atoms with Crippen LogP contribution >= 0.6 is 0 Å². The summed E-state index contributed by atoms with van der Waals surface area (Å²) in [5, 5.41) is 14.9. The third kappa shape index (κ3) is 6.63. The molecule has 2 heterocycles. The van der Waals surface area contributed by atoms with Gasteiger partial charge in [0.25, 0.3) is 0 Å². The van der Waals surface area contributed by atoms with Crippen molar-refractivity contribution in [3.63, 3.8) is 0 Å². The highest BCUT2D eigenvalue weighted by Gasteiger charge is 2.23. The average molecular weight is 989 g/mol. The summed E-state index contributed by atoms with van der Waals surface area (Å²) in [4.78, 5) is 0. The van der Waals surface area contributed by atoms with Crippen LogP contribution in [0.5, 0.6) is 0 Å². The molecular formula is C76H48N2. The molecule has 0 N–H and O–H groups in total. The van der Waals surface area contributed by atoms with Crippen LogP contribution in [-0.2, 0) is 0 Å². The highest BCUT2D eigenvalue weighted by molar-refractivity contribution is 6.24. The second-order valence-electron chi connectivity index (χ2n) is 20.6. The number of nitrogens with zero attached hydrogens (tertiary/aromatic N) is 2. The Hall–Kier alpha value is -10.3. The maximum atomic E-state index is 2.49. The second kappa shape index (κ2) is 17.7. The molecular weight excluding hydrogens is 941 g/mol. The number of aromatic nitrogens is 2. The van der Waals surface area contributed by atoms with Crippen molar-refractivity contribution in [2.45, 2.75) is 0 Å². The first-order valence-electron chi connectivity index (χ1n) is 27.0. The minimum absolute atomic E-state index is 1.16. The van der Waals surface area contributed by atoms with Gasteiger partial charge in [-0.3, -0.25) is 0 Å². The Morgan fingerprint density at radius 3 is 0.897 bits per heavy atom. The molecule has 16 rings (SSSR count). The third-order valence-corrected chi connectivity index (χ3v) is 16.5. The molecule has 0 fully saturated rings. The molecule has 2 heteroatoms. The van der Waals surface area contributed by atoms with Gasteiger partial charge in [-0.05, 0) is 153 Å². The van der Waals surface area contributed by atoms with Gasteiger partial charge in [-0.25, -0.2) is 0 Å². The van der Waals surface area contributed by atoms with Crippen molar-refractivity contribution in [3.05, 3.63) is 291 Å². The number of hydrogen-bond donors (Lipinski definition) is 0. The zero-order chi connectivity index (χ0) is 51.3. The van der Waals surface area contributed by atoms with Gasteiger partial charge >= 0.3 is 0 Å². The predicted molar refractivity (Wildman–Crippen MR) is 332 cm³/mol. The quantitative estimate of drug-likeness (QED) is 0.141. The molecule has 0 bridgehead atoms. The van der Waals surface area contributed by atoms with Gasteiger partial charge in [-0.1, -0.05) is 237 Å². The summed E-state index contributed by atoms with van der Waals surface area (Å²) in [5.41, 5.74) is 19.3. The fourth-order valence-electron chi connectivity index (χ4n) is 13.3. The Balaban J connectivity index is 0.915. The fraction of sp³-hybridized carbons (Fsp3) is 0. The van der Waals surface area contributed by atoms with E-state index in [1.54, 1.807) is 0 Å². The molecule has 0 saturated carbocycles. The number of benzene rings is 14. The summed E-state index contributed by atoms with van der Waals surface area (Å²) in [6.45, 7) is 0. The highest BCUT2D eigenvalue weighted by atomic mass is 15.0. The number of para-hydroxylation sites is 4. The van der Waals surface area contributed by atoms with Crippen LogP contribution in [0.4, 0.5) is 0 Å². The van der Waals surface area contributed by atoms with Crippen LogP contribution in [0, 0.1) is 0 Å². The van der Waals surface area contributed by atoms with Crippen LogP contribution < -0.4 is 0 Å². The van der Waals surface area contributed by atoms with Crippen molar-refractivity contribution in [3.8, 4) is 67.0 Å². The molecule has 0 aliphatic heterocycles. The molecule has 2 aromatic heterocycles. The molecule has 0 amide bonds. The van der Waals surface area contributed by atoms with Crippen LogP contribution in [-0.4, -0.2) is 9.13 Å². The summed E-state index contributed by atoms with van der Waals surface area (Å²) in [6, 6.07) is 108. The van der Waals surface area contributed by atoms with Gasteiger partial charge in [0.2, 0.25) is 0 Å². The average Bonchev–Trinajstić information content (AvgIpc) is 4.23. The lowest BCUT2D eigenvalue weighted by molar-refractivity contribution is 1.18. The smallest absolute Gasteiger partial charge is 0.0547 e. The lowest BCUT2D eigenvalue weighted by Gasteiger charge is -2.19. The third-order valence-electron chi connectivity index (χ3n) is 16.5. The van der Waals surface area contributed by atoms with Crippen molar-refractivity contribution in [2.75, 3.05) is 0 Å². The van der Waals surface area contributed by atoms with Crippen LogP contribution in [0.2, 0.25) is 0 Å². The van der Waals surface area contributed by atoms with E-state index in [-0.39, 0.29) is 0 Å². The highest BCUT2D eigenvalue weighted by Crippen LogP contribution is 2.49. The van der Waals surface area contributed by atoms with E-state index in [4.69, 9.17) is 0 Å².